The number of hydrogen-bond acceptors (Lipinski definition) is 4. The van der Waals surface area contributed by atoms with Crippen LogP contribution < -0.4 is 10.2 Å². The summed E-state index contributed by atoms with van der Waals surface area (Å²) >= 11 is 0. The Morgan fingerprint density at radius 2 is 2.12 bits per heavy atom. The molecule has 1 N–H and O–H groups in total. The van der Waals surface area contributed by atoms with Crippen molar-refractivity contribution < 1.29 is 0 Å². The maximum atomic E-state index is 4.47. The fraction of sp³-hybridized carbons (Fsp3) is 0.667. The number of nitrogens with one attached hydrogen (secondary N) is 1. The van der Waals surface area contributed by atoms with Crippen LogP contribution in [0.15, 0.2) is 12.3 Å². The van der Waals surface area contributed by atoms with Gasteiger partial charge in [-0.1, -0.05) is 20.3 Å². The highest BCUT2D eigenvalue weighted by atomic mass is 15.2. The quantitative estimate of drug-likeness (QED) is 0.769. The van der Waals surface area contributed by atoms with Crippen molar-refractivity contribution in [3.05, 3.63) is 12.3 Å². The molecule has 0 amide bonds. The molecule has 0 aliphatic carbocycles. The summed E-state index contributed by atoms with van der Waals surface area (Å²) in [6, 6.07) is 1.91. The van der Waals surface area contributed by atoms with Gasteiger partial charge in [-0.3, -0.25) is 0 Å². The van der Waals surface area contributed by atoms with E-state index in [-0.39, 0.29) is 0 Å². The molecule has 0 bridgehead atoms. The van der Waals surface area contributed by atoms with Crippen LogP contribution in [0.3, 0.4) is 0 Å². The fourth-order valence-corrected chi connectivity index (χ4v) is 1.38. The lowest BCUT2D eigenvalue weighted by molar-refractivity contribution is 0.750. The van der Waals surface area contributed by atoms with Crippen LogP contribution in [0.4, 0.5) is 11.8 Å². The maximum Gasteiger partial charge on any atom is 0.226 e. The van der Waals surface area contributed by atoms with Gasteiger partial charge in [-0.25, -0.2) is 4.98 Å². The molecule has 0 atom stereocenters. The smallest absolute Gasteiger partial charge is 0.226 e. The lowest BCUT2D eigenvalue weighted by Gasteiger charge is -2.17. The van der Waals surface area contributed by atoms with Gasteiger partial charge >= 0.3 is 0 Å². The molecular weight excluding hydrogens is 200 g/mol. The van der Waals surface area contributed by atoms with Gasteiger partial charge in [0, 0.05) is 26.3 Å². The second-order valence-corrected chi connectivity index (χ2v) is 3.94. The van der Waals surface area contributed by atoms with Gasteiger partial charge in [0.05, 0.1) is 0 Å². The van der Waals surface area contributed by atoms with E-state index in [0.29, 0.717) is 0 Å². The van der Waals surface area contributed by atoms with Gasteiger partial charge in [-0.05, 0) is 18.9 Å². The van der Waals surface area contributed by atoms with Crippen molar-refractivity contribution in [2.24, 2.45) is 0 Å². The lowest BCUT2D eigenvalue weighted by Crippen LogP contribution is -2.21. The summed E-state index contributed by atoms with van der Waals surface area (Å²) in [6.07, 6.45) is 5.28. The number of hydrogen-bond donors (Lipinski definition) is 1. The van der Waals surface area contributed by atoms with E-state index in [2.05, 4.69) is 34.0 Å². The number of aromatic nitrogens is 2. The molecule has 90 valence electrons. The molecule has 4 nitrogen and oxygen atoms in total. The Labute approximate surface area is 98.1 Å². The van der Waals surface area contributed by atoms with Crippen LogP contribution >= 0.6 is 0 Å². The monoisotopic (exact) mass is 222 g/mol. The predicted octanol–water partition coefficient (Wildman–Crippen LogP) is 2.53. The predicted molar refractivity (Wildman–Crippen MR) is 69.0 cm³/mol. The van der Waals surface area contributed by atoms with Crippen molar-refractivity contribution in [1.82, 2.24) is 9.97 Å². The van der Waals surface area contributed by atoms with Crippen LogP contribution in [0.5, 0.6) is 0 Å². The van der Waals surface area contributed by atoms with Gasteiger partial charge in [0.25, 0.3) is 0 Å². The Kier molecular flexibility index (Phi) is 5.61. The first-order chi connectivity index (χ1) is 7.77. The van der Waals surface area contributed by atoms with Crippen molar-refractivity contribution in [3.8, 4) is 0 Å². The van der Waals surface area contributed by atoms with Crippen LogP contribution in [0.1, 0.15) is 33.1 Å². The first kappa shape index (κ1) is 12.7. The molecule has 16 heavy (non-hydrogen) atoms. The zero-order valence-electron chi connectivity index (χ0n) is 10.5. The summed E-state index contributed by atoms with van der Waals surface area (Å²) in [5.74, 6) is 1.71. The van der Waals surface area contributed by atoms with Crippen LogP contribution in [-0.4, -0.2) is 30.1 Å². The van der Waals surface area contributed by atoms with Crippen molar-refractivity contribution in [1.29, 1.82) is 0 Å². The third-order valence-corrected chi connectivity index (χ3v) is 2.39. The van der Waals surface area contributed by atoms with E-state index in [1.54, 1.807) is 0 Å². The van der Waals surface area contributed by atoms with E-state index in [1.807, 2.05) is 19.3 Å². The van der Waals surface area contributed by atoms with E-state index >= 15 is 0 Å². The van der Waals surface area contributed by atoms with E-state index in [9.17, 15) is 0 Å². The van der Waals surface area contributed by atoms with Crippen LogP contribution in [-0.2, 0) is 0 Å². The molecule has 0 saturated heterocycles. The second-order valence-electron chi connectivity index (χ2n) is 3.94. The number of rotatable bonds is 7. The fourth-order valence-electron chi connectivity index (χ4n) is 1.38. The van der Waals surface area contributed by atoms with Gasteiger partial charge < -0.3 is 10.2 Å². The molecular formula is C12H22N4. The molecule has 1 heterocycles. The second kappa shape index (κ2) is 7.04. The summed E-state index contributed by atoms with van der Waals surface area (Å²) < 4.78 is 0. The first-order valence-corrected chi connectivity index (χ1v) is 6.06. The Hall–Kier alpha value is -1.32. The maximum absolute atomic E-state index is 4.47. The average Bonchev–Trinajstić information content (AvgIpc) is 2.33. The molecule has 0 radical (unpaired) electrons. The van der Waals surface area contributed by atoms with Crippen molar-refractivity contribution in [2.75, 3.05) is 30.4 Å². The van der Waals surface area contributed by atoms with E-state index in [0.717, 1.165) is 31.3 Å². The summed E-state index contributed by atoms with van der Waals surface area (Å²) in [5, 5.41) is 3.27. The number of nitrogens with zero attached hydrogens (tertiary/aromatic N) is 3. The van der Waals surface area contributed by atoms with Crippen molar-refractivity contribution in [3.63, 3.8) is 0 Å². The summed E-state index contributed by atoms with van der Waals surface area (Å²) in [4.78, 5) is 10.8. The standard InChI is InChI=1S/C12H22N4/c1-4-6-10-16(3)12-14-9-7-11(15-12)13-8-5-2/h7,9H,4-6,8,10H2,1-3H3,(H,13,14,15). The van der Waals surface area contributed by atoms with Crippen LogP contribution in [0.25, 0.3) is 0 Å². The van der Waals surface area contributed by atoms with Gasteiger partial charge in [0.15, 0.2) is 0 Å². The van der Waals surface area contributed by atoms with Gasteiger partial charge in [-0.15, -0.1) is 0 Å². The average molecular weight is 222 g/mol. The molecule has 0 aliphatic rings. The van der Waals surface area contributed by atoms with E-state index < -0.39 is 0 Å². The first-order valence-electron chi connectivity index (χ1n) is 6.06. The third-order valence-electron chi connectivity index (χ3n) is 2.39. The zero-order valence-corrected chi connectivity index (χ0v) is 10.5. The Morgan fingerprint density at radius 3 is 2.81 bits per heavy atom. The third kappa shape index (κ3) is 4.04. The minimum absolute atomic E-state index is 0.801. The largest absolute Gasteiger partial charge is 0.370 e. The summed E-state index contributed by atoms with van der Waals surface area (Å²) in [6.45, 7) is 6.29. The highest BCUT2D eigenvalue weighted by molar-refractivity contribution is 5.40. The molecule has 0 aromatic carbocycles. The lowest BCUT2D eigenvalue weighted by atomic mass is 10.3. The molecule has 0 fully saturated rings. The van der Waals surface area contributed by atoms with Gasteiger partial charge in [0.2, 0.25) is 5.95 Å². The van der Waals surface area contributed by atoms with E-state index in [4.69, 9.17) is 0 Å². The summed E-state index contributed by atoms with van der Waals surface area (Å²) in [5.41, 5.74) is 0. The number of anilines is 2. The zero-order chi connectivity index (χ0) is 11.8. The molecule has 1 rings (SSSR count). The van der Waals surface area contributed by atoms with Crippen LogP contribution in [0.2, 0.25) is 0 Å². The van der Waals surface area contributed by atoms with Gasteiger partial charge in [-0.2, -0.15) is 4.98 Å². The highest BCUT2D eigenvalue weighted by Crippen LogP contribution is 2.09. The minimum Gasteiger partial charge on any atom is -0.370 e. The topological polar surface area (TPSA) is 41.1 Å². The summed E-state index contributed by atoms with van der Waals surface area (Å²) in [7, 11) is 2.04. The van der Waals surface area contributed by atoms with E-state index in [1.165, 1.54) is 12.8 Å². The Bertz CT molecular complexity index is 301. The van der Waals surface area contributed by atoms with Gasteiger partial charge in [0.1, 0.15) is 5.82 Å². The molecule has 0 spiro atoms. The molecule has 0 unspecified atom stereocenters. The SMILES string of the molecule is CCCCN(C)c1nccc(NCCC)n1. The molecule has 1 aromatic rings. The number of unbranched alkanes of at least 4 members (excludes halogenated alkanes) is 1. The molecule has 0 saturated carbocycles. The van der Waals surface area contributed by atoms with Crippen LogP contribution in [0, 0.1) is 0 Å². The van der Waals surface area contributed by atoms with Crippen molar-refractivity contribution >= 4 is 11.8 Å². The Morgan fingerprint density at radius 1 is 1.31 bits per heavy atom. The molecule has 1 aromatic heterocycles. The molecule has 4 heteroatoms. The normalized spacial score (nSPS) is 10.2. The van der Waals surface area contributed by atoms with Crippen molar-refractivity contribution in [2.45, 2.75) is 33.1 Å². The Balaban J connectivity index is 2.58. The highest BCUT2D eigenvalue weighted by Gasteiger charge is 2.03. The minimum atomic E-state index is 0.801. The molecule has 0 aliphatic heterocycles.